The monoisotopic (exact) mass is 278 g/mol. The van der Waals surface area contributed by atoms with Gasteiger partial charge in [-0.1, -0.05) is 12.8 Å². The molecule has 0 aromatic rings. The highest BCUT2D eigenvalue weighted by Gasteiger charge is 2.36. The van der Waals surface area contributed by atoms with Gasteiger partial charge in [0.25, 0.3) is 0 Å². The normalized spacial score (nSPS) is 33.7. The van der Waals surface area contributed by atoms with E-state index >= 15 is 0 Å². The molecule has 0 spiro atoms. The minimum atomic E-state index is 0.350. The molecule has 114 valence electrons. The number of likely N-dealkylation sites (tertiary alicyclic amines) is 2. The van der Waals surface area contributed by atoms with Crippen molar-refractivity contribution in [2.75, 3.05) is 39.3 Å². The Hall–Kier alpha value is -0.410. The Morgan fingerprint density at radius 1 is 0.700 bits per heavy atom. The molecule has 0 bridgehead atoms. The molecule has 2 heterocycles. The van der Waals surface area contributed by atoms with Gasteiger partial charge in [0.15, 0.2) is 0 Å². The lowest BCUT2D eigenvalue weighted by atomic mass is 10.00. The van der Waals surface area contributed by atoms with Crippen molar-refractivity contribution in [2.45, 2.75) is 51.4 Å². The molecule has 1 saturated carbocycles. The van der Waals surface area contributed by atoms with Crippen molar-refractivity contribution in [3.8, 4) is 0 Å². The molecule has 2 aliphatic heterocycles. The lowest BCUT2D eigenvalue weighted by Gasteiger charge is -2.30. The van der Waals surface area contributed by atoms with Crippen molar-refractivity contribution in [1.29, 1.82) is 0 Å². The van der Waals surface area contributed by atoms with Crippen molar-refractivity contribution >= 4 is 5.78 Å². The first-order chi connectivity index (χ1) is 9.83. The molecule has 3 fully saturated rings. The van der Waals surface area contributed by atoms with Crippen LogP contribution in [0.3, 0.4) is 0 Å². The zero-order valence-electron chi connectivity index (χ0n) is 12.9. The van der Waals surface area contributed by atoms with E-state index in [0.717, 1.165) is 25.9 Å². The summed E-state index contributed by atoms with van der Waals surface area (Å²) in [5.41, 5.74) is 0. The Labute approximate surface area is 123 Å². The SMILES string of the molecule is O=C1[C@H](CN2CCCCC2)CC[C@H]1CN1CCCCC1. The summed E-state index contributed by atoms with van der Waals surface area (Å²) in [7, 11) is 0. The van der Waals surface area contributed by atoms with E-state index < -0.39 is 0 Å². The maximum Gasteiger partial charge on any atom is 0.141 e. The molecule has 20 heavy (non-hydrogen) atoms. The number of carbonyl (C=O) groups excluding carboxylic acids is 1. The minimum absolute atomic E-state index is 0.350. The number of hydrogen-bond acceptors (Lipinski definition) is 3. The Morgan fingerprint density at radius 3 is 1.50 bits per heavy atom. The van der Waals surface area contributed by atoms with Gasteiger partial charge in [-0.2, -0.15) is 0 Å². The van der Waals surface area contributed by atoms with Crippen LogP contribution < -0.4 is 0 Å². The van der Waals surface area contributed by atoms with E-state index in [2.05, 4.69) is 9.80 Å². The van der Waals surface area contributed by atoms with Crippen LogP contribution in [0.15, 0.2) is 0 Å². The van der Waals surface area contributed by atoms with Crippen LogP contribution in [0.1, 0.15) is 51.4 Å². The largest absolute Gasteiger partial charge is 0.303 e. The Balaban J connectivity index is 1.46. The van der Waals surface area contributed by atoms with Crippen LogP contribution in [-0.2, 0) is 4.79 Å². The Morgan fingerprint density at radius 2 is 1.10 bits per heavy atom. The number of ketones is 1. The third-order valence-electron chi connectivity index (χ3n) is 5.52. The summed E-state index contributed by atoms with van der Waals surface area (Å²) in [5.74, 6) is 1.28. The predicted octanol–water partition coefficient (Wildman–Crippen LogP) is 2.55. The molecule has 3 aliphatic rings. The molecule has 3 rings (SSSR count). The van der Waals surface area contributed by atoms with Gasteiger partial charge in [0.2, 0.25) is 0 Å². The van der Waals surface area contributed by atoms with Crippen molar-refractivity contribution in [2.24, 2.45) is 11.8 Å². The lowest BCUT2D eigenvalue weighted by molar-refractivity contribution is -0.125. The zero-order chi connectivity index (χ0) is 13.8. The molecule has 0 N–H and O–H groups in total. The first-order valence-electron chi connectivity index (χ1n) is 8.81. The second-order valence-corrected chi connectivity index (χ2v) is 7.10. The molecular formula is C17H30N2O. The molecule has 2 saturated heterocycles. The van der Waals surface area contributed by atoms with Gasteiger partial charge in [-0.25, -0.2) is 0 Å². The molecule has 0 radical (unpaired) electrons. The van der Waals surface area contributed by atoms with Gasteiger partial charge in [-0.3, -0.25) is 4.79 Å². The number of Topliss-reactive ketones (excluding diaryl/α,β-unsaturated/α-hetero) is 1. The van der Waals surface area contributed by atoms with Crippen molar-refractivity contribution in [1.82, 2.24) is 9.80 Å². The second kappa shape index (κ2) is 7.04. The first kappa shape index (κ1) is 14.5. The molecule has 1 aliphatic carbocycles. The maximum absolute atomic E-state index is 12.6. The summed E-state index contributed by atoms with van der Waals surface area (Å²) in [6.45, 7) is 6.99. The molecule has 0 amide bonds. The van der Waals surface area contributed by atoms with Crippen LogP contribution >= 0.6 is 0 Å². The number of rotatable bonds is 4. The van der Waals surface area contributed by atoms with Gasteiger partial charge in [0.1, 0.15) is 5.78 Å². The van der Waals surface area contributed by atoms with E-state index in [1.807, 2.05) is 0 Å². The van der Waals surface area contributed by atoms with Crippen LogP contribution in [0.25, 0.3) is 0 Å². The van der Waals surface area contributed by atoms with Gasteiger partial charge >= 0.3 is 0 Å². The van der Waals surface area contributed by atoms with Gasteiger partial charge < -0.3 is 9.80 Å². The standard InChI is InChI=1S/C17H30N2O/c20-17-15(13-18-9-3-1-4-10-18)7-8-16(17)14-19-11-5-2-6-12-19/h15-16H,1-14H2/t15-,16-/m0/s1. The van der Waals surface area contributed by atoms with Gasteiger partial charge in [-0.05, 0) is 64.7 Å². The van der Waals surface area contributed by atoms with Crippen LogP contribution in [0, 0.1) is 11.8 Å². The molecule has 3 nitrogen and oxygen atoms in total. The van der Waals surface area contributed by atoms with E-state index in [4.69, 9.17) is 0 Å². The van der Waals surface area contributed by atoms with E-state index in [1.54, 1.807) is 0 Å². The van der Waals surface area contributed by atoms with E-state index in [-0.39, 0.29) is 0 Å². The summed E-state index contributed by atoms with van der Waals surface area (Å²) in [6, 6.07) is 0. The van der Waals surface area contributed by atoms with Crippen molar-refractivity contribution in [3.63, 3.8) is 0 Å². The molecular weight excluding hydrogens is 248 g/mol. The van der Waals surface area contributed by atoms with Gasteiger partial charge in [0, 0.05) is 24.9 Å². The van der Waals surface area contributed by atoms with Crippen LogP contribution in [-0.4, -0.2) is 54.9 Å². The predicted molar refractivity (Wildman–Crippen MR) is 81.8 cm³/mol. The van der Waals surface area contributed by atoms with Crippen LogP contribution in [0.2, 0.25) is 0 Å². The quantitative estimate of drug-likeness (QED) is 0.789. The number of piperidine rings is 2. The second-order valence-electron chi connectivity index (χ2n) is 7.10. The average Bonchev–Trinajstić information content (AvgIpc) is 2.83. The van der Waals surface area contributed by atoms with Crippen LogP contribution in [0.5, 0.6) is 0 Å². The molecule has 0 aromatic carbocycles. The van der Waals surface area contributed by atoms with E-state index in [1.165, 1.54) is 64.7 Å². The Bertz CT molecular complexity index is 289. The summed E-state index contributed by atoms with van der Waals surface area (Å²) < 4.78 is 0. The summed E-state index contributed by atoms with van der Waals surface area (Å²) in [6.07, 6.45) is 10.4. The summed E-state index contributed by atoms with van der Waals surface area (Å²) >= 11 is 0. The first-order valence-corrected chi connectivity index (χ1v) is 8.81. The number of hydrogen-bond donors (Lipinski definition) is 0. The number of nitrogens with zero attached hydrogens (tertiary/aromatic N) is 2. The summed E-state index contributed by atoms with van der Waals surface area (Å²) in [4.78, 5) is 17.7. The topological polar surface area (TPSA) is 23.6 Å². The molecule has 2 atom stereocenters. The van der Waals surface area contributed by atoms with Gasteiger partial charge in [-0.15, -0.1) is 0 Å². The third kappa shape index (κ3) is 3.62. The fourth-order valence-electron chi connectivity index (χ4n) is 4.29. The molecule has 0 aromatic heterocycles. The highest BCUT2D eigenvalue weighted by molar-refractivity contribution is 5.85. The lowest BCUT2D eigenvalue weighted by Crippen LogP contribution is -2.38. The highest BCUT2D eigenvalue weighted by Crippen LogP contribution is 2.30. The van der Waals surface area contributed by atoms with Crippen molar-refractivity contribution < 1.29 is 4.79 Å². The number of carbonyl (C=O) groups is 1. The highest BCUT2D eigenvalue weighted by atomic mass is 16.1. The van der Waals surface area contributed by atoms with E-state index in [9.17, 15) is 4.79 Å². The Kier molecular flexibility index (Phi) is 5.11. The smallest absolute Gasteiger partial charge is 0.141 e. The van der Waals surface area contributed by atoms with Crippen LogP contribution in [0.4, 0.5) is 0 Å². The maximum atomic E-state index is 12.6. The third-order valence-corrected chi connectivity index (χ3v) is 5.52. The van der Waals surface area contributed by atoms with Gasteiger partial charge in [0.05, 0.1) is 0 Å². The fourth-order valence-corrected chi connectivity index (χ4v) is 4.29. The molecule has 0 unspecified atom stereocenters. The minimum Gasteiger partial charge on any atom is -0.303 e. The zero-order valence-corrected chi connectivity index (χ0v) is 12.9. The molecule has 3 heteroatoms. The van der Waals surface area contributed by atoms with E-state index in [0.29, 0.717) is 17.6 Å². The summed E-state index contributed by atoms with van der Waals surface area (Å²) in [5, 5.41) is 0. The van der Waals surface area contributed by atoms with Crippen molar-refractivity contribution in [3.05, 3.63) is 0 Å². The average molecular weight is 278 g/mol. The fraction of sp³-hybridized carbons (Fsp3) is 0.941.